The first-order valence-corrected chi connectivity index (χ1v) is 2.84. The maximum absolute atomic E-state index is 10.6. The molecule has 0 aromatic carbocycles. The number of ether oxygens (including phenoxy) is 1. The average Bonchev–Trinajstić information content (AvgIpc) is 2.40. The number of nitrogens with one attached hydrogen (secondary N) is 2. The van der Waals surface area contributed by atoms with Gasteiger partial charge in [-0.3, -0.25) is 9.80 Å². The van der Waals surface area contributed by atoms with Crippen LogP contribution in [0.15, 0.2) is 12.4 Å². The Hall–Kier alpha value is -1.23. The highest BCUT2D eigenvalue weighted by Crippen LogP contribution is 1.88. The van der Waals surface area contributed by atoms with Crippen molar-refractivity contribution in [3.05, 3.63) is 12.4 Å². The summed E-state index contributed by atoms with van der Waals surface area (Å²) in [7, 11) is 1.36. The van der Waals surface area contributed by atoms with Crippen molar-refractivity contribution in [2.75, 3.05) is 13.7 Å². The zero-order valence-electron chi connectivity index (χ0n) is 5.63. The van der Waals surface area contributed by atoms with E-state index < -0.39 is 0 Å². The third-order valence-electron chi connectivity index (χ3n) is 1.07. The lowest BCUT2D eigenvalue weighted by molar-refractivity contribution is -0.141. The third kappa shape index (κ3) is 1.63. The molecule has 1 rings (SSSR count). The fraction of sp³-hybridized carbons (Fsp3) is 0.400. The van der Waals surface area contributed by atoms with Crippen molar-refractivity contribution >= 4 is 5.97 Å². The topological polar surface area (TPSA) is 53.6 Å². The van der Waals surface area contributed by atoms with E-state index in [4.69, 9.17) is 0 Å². The number of hydrazine groups is 2. The number of carbonyl (C=O) groups is 1. The maximum atomic E-state index is 10.6. The predicted octanol–water partition coefficient (Wildman–Crippen LogP) is -1.04. The molecule has 2 N–H and O–H groups in total. The van der Waals surface area contributed by atoms with Gasteiger partial charge in [-0.15, -0.1) is 5.53 Å². The summed E-state index contributed by atoms with van der Waals surface area (Å²) in [5.74, 6) is -0.277. The van der Waals surface area contributed by atoms with Crippen LogP contribution in [0, 0.1) is 0 Å². The fourth-order valence-corrected chi connectivity index (χ4v) is 0.581. The first-order valence-electron chi connectivity index (χ1n) is 2.84. The Morgan fingerprint density at radius 3 is 3.10 bits per heavy atom. The summed E-state index contributed by atoms with van der Waals surface area (Å²) in [6.45, 7) is 0.208. The Morgan fingerprint density at radius 2 is 2.60 bits per heavy atom. The third-order valence-corrected chi connectivity index (χ3v) is 1.07. The zero-order valence-corrected chi connectivity index (χ0v) is 5.63. The van der Waals surface area contributed by atoms with Gasteiger partial charge in [-0.2, -0.15) is 0 Å². The van der Waals surface area contributed by atoms with Crippen molar-refractivity contribution in [3.63, 3.8) is 0 Å². The van der Waals surface area contributed by atoms with Gasteiger partial charge >= 0.3 is 5.97 Å². The Labute approximate surface area is 58.6 Å². The summed E-state index contributed by atoms with van der Waals surface area (Å²) in [6.07, 6.45) is 3.39. The Morgan fingerprint density at radius 1 is 1.80 bits per heavy atom. The lowest BCUT2D eigenvalue weighted by atomic mass is 10.6. The maximum Gasteiger partial charge on any atom is 0.326 e. The lowest BCUT2D eigenvalue weighted by Crippen LogP contribution is -2.38. The molecule has 0 aromatic heterocycles. The first kappa shape index (κ1) is 6.88. The smallest absolute Gasteiger partial charge is 0.326 e. The van der Waals surface area contributed by atoms with Crippen LogP contribution in [0.2, 0.25) is 0 Å². The zero-order chi connectivity index (χ0) is 7.40. The minimum atomic E-state index is -0.277. The average molecular weight is 143 g/mol. The fourth-order valence-electron chi connectivity index (χ4n) is 0.581. The van der Waals surface area contributed by atoms with E-state index in [0.717, 1.165) is 0 Å². The van der Waals surface area contributed by atoms with Crippen LogP contribution in [-0.4, -0.2) is 24.6 Å². The van der Waals surface area contributed by atoms with Gasteiger partial charge in [-0.05, 0) is 0 Å². The van der Waals surface area contributed by atoms with Crippen LogP contribution in [0.25, 0.3) is 0 Å². The van der Waals surface area contributed by atoms with E-state index >= 15 is 0 Å². The molecule has 10 heavy (non-hydrogen) atoms. The van der Waals surface area contributed by atoms with E-state index in [-0.39, 0.29) is 12.5 Å². The molecule has 0 atom stereocenters. The van der Waals surface area contributed by atoms with Crippen LogP contribution in [0.3, 0.4) is 0 Å². The van der Waals surface area contributed by atoms with Gasteiger partial charge in [-0.1, -0.05) is 0 Å². The van der Waals surface area contributed by atoms with E-state index in [1.807, 2.05) is 0 Å². The SMILES string of the molecule is COC(=O)CN1C=CNN1. The Balaban J connectivity index is 2.24. The van der Waals surface area contributed by atoms with E-state index in [1.54, 1.807) is 17.4 Å². The molecule has 56 valence electrons. The lowest BCUT2D eigenvalue weighted by Gasteiger charge is -2.12. The van der Waals surface area contributed by atoms with Crippen LogP contribution in [0.1, 0.15) is 0 Å². The molecule has 0 saturated heterocycles. The summed E-state index contributed by atoms with van der Waals surface area (Å²) < 4.78 is 4.43. The molecule has 0 saturated carbocycles. The van der Waals surface area contributed by atoms with Crippen molar-refractivity contribution in [2.24, 2.45) is 0 Å². The van der Waals surface area contributed by atoms with Crippen molar-refractivity contribution in [3.8, 4) is 0 Å². The quantitative estimate of drug-likeness (QED) is 0.483. The van der Waals surface area contributed by atoms with E-state index in [1.165, 1.54) is 7.11 Å². The molecule has 0 bridgehead atoms. The standard InChI is InChI=1S/C5H9N3O2/c1-10-5(9)4-8-3-2-6-7-8/h2-3,6-7H,4H2,1H3. The summed E-state index contributed by atoms with van der Waals surface area (Å²) in [6, 6.07) is 0. The number of nitrogens with zero attached hydrogens (tertiary/aromatic N) is 1. The van der Waals surface area contributed by atoms with Crippen molar-refractivity contribution in [1.82, 2.24) is 16.0 Å². The van der Waals surface area contributed by atoms with Gasteiger partial charge < -0.3 is 10.2 Å². The number of carbonyl (C=O) groups excluding carboxylic acids is 1. The minimum absolute atomic E-state index is 0.208. The monoisotopic (exact) mass is 143 g/mol. The minimum Gasteiger partial charge on any atom is -0.468 e. The molecule has 0 aromatic rings. The molecule has 0 radical (unpaired) electrons. The highest BCUT2D eigenvalue weighted by Gasteiger charge is 2.07. The van der Waals surface area contributed by atoms with Crippen LogP contribution in [0.5, 0.6) is 0 Å². The molecule has 0 fully saturated rings. The number of rotatable bonds is 2. The Kier molecular flexibility index (Phi) is 2.11. The summed E-state index contributed by atoms with van der Waals surface area (Å²) in [5.41, 5.74) is 5.38. The molecule has 0 spiro atoms. The number of methoxy groups -OCH3 is 1. The molecule has 0 aliphatic carbocycles. The van der Waals surface area contributed by atoms with Crippen LogP contribution < -0.4 is 11.0 Å². The molecule has 5 nitrogen and oxygen atoms in total. The molecule has 0 unspecified atom stereocenters. The van der Waals surface area contributed by atoms with E-state index in [0.29, 0.717) is 0 Å². The van der Waals surface area contributed by atoms with E-state index in [9.17, 15) is 4.79 Å². The Bertz CT molecular complexity index is 157. The molecular weight excluding hydrogens is 134 g/mol. The molecule has 0 amide bonds. The molecule has 1 aliphatic rings. The second-order valence-corrected chi connectivity index (χ2v) is 1.78. The number of esters is 1. The normalized spacial score (nSPS) is 15.1. The molecule has 1 aliphatic heterocycles. The second-order valence-electron chi connectivity index (χ2n) is 1.78. The number of hydrogen-bond acceptors (Lipinski definition) is 5. The van der Waals surface area contributed by atoms with Crippen molar-refractivity contribution in [2.45, 2.75) is 0 Å². The largest absolute Gasteiger partial charge is 0.468 e. The van der Waals surface area contributed by atoms with Gasteiger partial charge in [0.2, 0.25) is 0 Å². The summed E-state index contributed by atoms with van der Waals surface area (Å²) in [4.78, 5) is 10.6. The van der Waals surface area contributed by atoms with Crippen LogP contribution in [0.4, 0.5) is 0 Å². The number of hydrogen-bond donors (Lipinski definition) is 2. The van der Waals surface area contributed by atoms with Crippen LogP contribution in [-0.2, 0) is 9.53 Å². The second kappa shape index (κ2) is 3.07. The van der Waals surface area contributed by atoms with Crippen molar-refractivity contribution in [1.29, 1.82) is 0 Å². The highest BCUT2D eigenvalue weighted by atomic mass is 16.5. The molecule has 5 heteroatoms. The highest BCUT2D eigenvalue weighted by molar-refractivity contribution is 5.71. The van der Waals surface area contributed by atoms with Gasteiger partial charge in [-0.25, -0.2) is 0 Å². The van der Waals surface area contributed by atoms with Gasteiger partial charge in [0.15, 0.2) is 0 Å². The van der Waals surface area contributed by atoms with Gasteiger partial charge in [0, 0.05) is 12.4 Å². The predicted molar refractivity (Wildman–Crippen MR) is 34.1 cm³/mol. The summed E-state index contributed by atoms with van der Waals surface area (Å²) in [5, 5.41) is 1.58. The molecule has 1 heterocycles. The van der Waals surface area contributed by atoms with Crippen LogP contribution >= 0.6 is 0 Å². The first-order chi connectivity index (χ1) is 4.83. The van der Waals surface area contributed by atoms with E-state index in [2.05, 4.69) is 15.7 Å². The van der Waals surface area contributed by atoms with Gasteiger partial charge in [0.05, 0.1) is 7.11 Å². The summed E-state index contributed by atoms with van der Waals surface area (Å²) >= 11 is 0. The van der Waals surface area contributed by atoms with Gasteiger partial charge in [0.25, 0.3) is 0 Å². The van der Waals surface area contributed by atoms with Gasteiger partial charge in [0.1, 0.15) is 6.54 Å². The van der Waals surface area contributed by atoms with Crippen molar-refractivity contribution < 1.29 is 9.53 Å². The molecular formula is C5H9N3O2.